The van der Waals surface area contributed by atoms with Gasteiger partial charge >= 0.3 is 6.03 Å². The number of aliphatic hydroxyl groups is 1. The molecule has 0 fully saturated rings. The van der Waals surface area contributed by atoms with E-state index in [0.29, 0.717) is 17.3 Å². The van der Waals surface area contributed by atoms with Gasteiger partial charge in [0.15, 0.2) is 0 Å². The van der Waals surface area contributed by atoms with Crippen molar-refractivity contribution in [3.63, 3.8) is 0 Å². The molecule has 0 aliphatic rings. The normalized spacial score (nSPS) is 11.8. The summed E-state index contributed by atoms with van der Waals surface area (Å²) in [6.45, 7) is 2.03. The van der Waals surface area contributed by atoms with E-state index in [9.17, 15) is 4.79 Å². The number of carbonyl (C=O) groups is 1. The summed E-state index contributed by atoms with van der Waals surface area (Å²) >= 11 is 5.87. The monoisotopic (exact) mass is 286 g/mol. The molecule has 1 unspecified atom stereocenters. The first-order chi connectivity index (χ1) is 8.99. The van der Waals surface area contributed by atoms with Crippen LogP contribution in [0.1, 0.15) is 12.5 Å². The number of hydrogen-bond acceptors (Lipinski definition) is 3. The van der Waals surface area contributed by atoms with Crippen molar-refractivity contribution in [2.45, 2.75) is 19.5 Å². The maximum absolute atomic E-state index is 11.8. The number of urea groups is 1. The molecule has 106 valence electrons. The molecule has 0 saturated heterocycles. The lowest BCUT2D eigenvalue weighted by atomic mass is 10.2. The molecule has 0 aliphatic heterocycles. The van der Waals surface area contributed by atoms with Crippen LogP contribution in [0.4, 0.5) is 4.79 Å². The molecular formula is C13H19ClN2O3. The van der Waals surface area contributed by atoms with Crippen LogP contribution in [0.15, 0.2) is 18.2 Å². The van der Waals surface area contributed by atoms with Crippen LogP contribution >= 0.6 is 11.6 Å². The fourth-order valence-corrected chi connectivity index (χ4v) is 1.64. The zero-order valence-electron chi connectivity index (χ0n) is 11.3. The van der Waals surface area contributed by atoms with Gasteiger partial charge in [-0.25, -0.2) is 4.79 Å². The minimum Gasteiger partial charge on any atom is -0.496 e. The zero-order chi connectivity index (χ0) is 14.4. The smallest absolute Gasteiger partial charge is 0.317 e. The van der Waals surface area contributed by atoms with Gasteiger partial charge in [-0.15, -0.1) is 0 Å². The van der Waals surface area contributed by atoms with Gasteiger partial charge in [-0.05, 0) is 19.1 Å². The summed E-state index contributed by atoms with van der Waals surface area (Å²) in [5.74, 6) is 0.630. The molecule has 0 bridgehead atoms. The number of ether oxygens (including phenoxy) is 1. The Morgan fingerprint density at radius 1 is 1.58 bits per heavy atom. The topological polar surface area (TPSA) is 61.8 Å². The molecule has 6 heteroatoms. The second-order valence-corrected chi connectivity index (χ2v) is 4.69. The van der Waals surface area contributed by atoms with Crippen molar-refractivity contribution in [2.75, 3.05) is 20.8 Å². The van der Waals surface area contributed by atoms with E-state index in [2.05, 4.69) is 5.32 Å². The van der Waals surface area contributed by atoms with E-state index in [-0.39, 0.29) is 18.7 Å². The second-order valence-electron chi connectivity index (χ2n) is 4.26. The van der Waals surface area contributed by atoms with Crippen LogP contribution in [-0.2, 0) is 6.54 Å². The van der Waals surface area contributed by atoms with E-state index in [4.69, 9.17) is 21.4 Å². The Labute approximate surface area is 118 Å². The molecule has 0 spiro atoms. The molecule has 1 rings (SSSR count). The van der Waals surface area contributed by atoms with Crippen molar-refractivity contribution in [1.82, 2.24) is 10.2 Å². The number of benzene rings is 1. The third kappa shape index (κ3) is 4.29. The summed E-state index contributed by atoms with van der Waals surface area (Å²) in [5.41, 5.74) is 0.838. The van der Waals surface area contributed by atoms with Crippen molar-refractivity contribution in [1.29, 1.82) is 0 Å². The molecule has 1 aromatic rings. The number of rotatable bonds is 5. The maximum atomic E-state index is 11.8. The van der Waals surface area contributed by atoms with Gasteiger partial charge in [0.2, 0.25) is 0 Å². The molecule has 1 aromatic carbocycles. The average molecular weight is 287 g/mol. The van der Waals surface area contributed by atoms with Crippen molar-refractivity contribution < 1.29 is 14.6 Å². The maximum Gasteiger partial charge on any atom is 0.317 e. The molecule has 5 nitrogen and oxygen atoms in total. The average Bonchev–Trinajstić information content (AvgIpc) is 2.43. The van der Waals surface area contributed by atoms with Crippen LogP contribution < -0.4 is 10.1 Å². The molecule has 2 amide bonds. The predicted molar refractivity (Wildman–Crippen MR) is 74.6 cm³/mol. The highest BCUT2D eigenvalue weighted by atomic mass is 35.5. The summed E-state index contributed by atoms with van der Waals surface area (Å²) in [5, 5.41) is 12.3. The van der Waals surface area contributed by atoms with E-state index in [1.165, 1.54) is 4.90 Å². The Hall–Kier alpha value is -1.46. The Balaban J connectivity index is 2.64. The lowest BCUT2D eigenvalue weighted by Crippen LogP contribution is -2.43. The Morgan fingerprint density at radius 3 is 2.84 bits per heavy atom. The molecule has 19 heavy (non-hydrogen) atoms. The number of amides is 2. The van der Waals surface area contributed by atoms with Crippen molar-refractivity contribution in [3.8, 4) is 5.75 Å². The van der Waals surface area contributed by atoms with Crippen LogP contribution in [0, 0.1) is 0 Å². The molecule has 1 atom stereocenters. The van der Waals surface area contributed by atoms with E-state index < -0.39 is 0 Å². The summed E-state index contributed by atoms with van der Waals surface area (Å²) in [6, 6.07) is 4.76. The third-order valence-corrected chi connectivity index (χ3v) is 3.16. The number of hydrogen-bond donors (Lipinski definition) is 2. The SMILES string of the molecule is COc1cc(Cl)ccc1CNC(=O)N(C)C(C)CO. The van der Waals surface area contributed by atoms with Crippen LogP contribution in [0.3, 0.4) is 0 Å². The number of carbonyl (C=O) groups excluding carboxylic acids is 1. The van der Waals surface area contributed by atoms with Gasteiger partial charge in [-0.1, -0.05) is 17.7 Å². The van der Waals surface area contributed by atoms with E-state index in [1.54, 1.807) is 39.3 Å². The molecule has 0 saturated carbocycles. The molecule has 2 N–H and O–H groups in total. The van der Waals surface area contributed by atoms with E-state index >= 15 is 0 Å². The number of aliphatic hydroxyl groups excluding tert-OH is 1. The lowest BCUT2D eigenvalue weighted by Gasteiger charge is -2.23. The van der Waals surface area contributed by atoms with Gasteiger partial charge in [0, 0.05) is 24.2 Å². The summed E-state index contributed by atoms with van der Waals surface area (Å²) in [6.07, 6.45) is 0. The molecule has 0 radical (unpaired) electrons. The minimum atomic E-state index is -0.251. The van der Waals surface area contributed by atoms with Crippen molar-refractivity contribution >= 4 is 17.6 Å². The minimum absolute atomic E-state index is 0.0752. The predicted octanol–water partition coefficient (Wildman–Crippen LogP) is 1.87. The van der Waals surface area contributed by atoms with Gasteiger partial charge < -0.3 is 20.1 Å². The highest BCUT2D eigenvalue weighted by Crippen LogP contribution is 2.22. The van der Waals surface area contributed by atoms with Gasteiger partial charge in [0.05, 0.1) is 19.8 Å². The van der Waals surface area contributed by atoms with E-state index in [0.717, 1.165) is 5.56 Å². The summed E-state index contributed by atoms with van der Waals surface area (Å²) in [4.78, 5) is 13.3. The van der Waals surface area contributed by atoms with Gasteiger partial charge in [0.25, 0.3) is 0 Å². The first-order valence-electron chi connectivity index (χ1n) is 5.93. The molecule has 0 aromatic heterocycles. The number of nitrogens with zero attached hydrogens (tertiary/aromatic N) is 1. The zero-order valence-corrected chi connectivity index (χ0v) is 12.1. The van der Waals surface area contributed by atoms with Gasteiger partial charge in [-0.2, -0.15) is 0 Å². The Kier molecular flexibility index (Phi) is 5.92. The van der Waals surface area contributed by atoms with Crippen LogP contribution in [0.25, 0.3) is 0 Å². The first-order valence-corrected chi connectivity index (χ1v) is 6.31. The van der Waals surface area contributed by atoms with Crippen molar-refractivity contribution in [3.05, 3.63) is 28.8 Å². The van der Waals surface area contributed by atoms with Crippen LogP contribution in [-0.4, -0.2) is 42.8 Å². The number of nitrogens with one attached hydrogen (secondary N) is 1. The lowest BCUT2D eigenvalue weighted by molar-refractivity contribution is 0.157. The highest BCUT2D eigenvalue weighted by Gasteiger charge is 2.14. The second kappa shape index (κ2) is 7.21. The summed E-state index contributed by atoms with van der Waals surface area (Å²) < 4.78 is 5.20. The quantitative estimate of drug-likeness (QED) is 0.869. The van der Waals surface area contributed by atoms with Crippen LogP contribution in [0.5, 0.6) is 5.75 Å². The standard InChI is InChI=1S/C13H19ClN2O3/c1-9(8-17)16(2)13(18)15-7-10-4-5-11(14)6-12(10)19-3/h4-6,9,17H,7-8H2,1-3H3,(H,15,18). The van der Waals surface area contributed by atoms with Crippen molar-refractivity contribution in [2.24, 2.45) is 0 Å². The molecular weight excluding hydrogens is 268 g/mol. The van der Waals surface area contributed by atoms with E-state index in [1.807, 2.05) is 0 Å². The largest absolute Gasteiger partial charge is 0.496 e. The fourth-order valence-electron chi connectivity index (χ4n) is 1.48. The summed E-state index contributed by atoms with van der Waals surface area (Å²) in [7, 11) is 3.19. The Bertz CT molecular complexity index is 440. The van der Waals surface area contributed by atoms with Gasteiger partial charge in [0.1, 0.15) is 5.75 Å². The van der Waals surface area contributed by atoms with Gasteiger partial charge in [-0.3, -0.25) is 0 Å². The fraction of sp³-hybridized carbons (Fsp3) is 0.462. The highest BCUT2D eigenvalue weighted by molar-refractivity contribution is 6.30. The number of methoxy groups -OCH3 is 1. The number of likely N-dealkylation sites (N-methyl/N-ethyl adjacent to an activating group) is 1. The number of halogens is 1. The molecule has 0 heterocycles. The third-order valence-electron chi connectivity index (χ3n) is 2.92. The first kappa shape index (κ1) is 15.6. The molecule has 0 aliphatic carbocycles. The van der Waals surface area contributed by atoms with Crippen LogP contribution in [0.2, 0.25) is 5.02 Å². The Morgan fingerprint density at radius 2 is 2.26 bits per heavy atom.